The van der Waals surface area contributed by atoms with Crippen LogP contribution < -0.4 is 5.73 Å². The van der Waals surface area contributed by atoms with Gasteiger partial charge in [-0.15, -0.1) is 11.3 Å². The summed E-state index contributed by atoms with van der Waals surface area (Å²) >= 11 is 1.56. The van der Waals surface area contributed by atoms with E-state index < -0.39 is 0 Å². The van der Waals surface area contributed by atoms with E-state index in [1.807, 2.05) is 34.5 Å². The van der Waals surface area contributed by atoms with Gasteiger partial charge in [-0.3, -0.25) is 4.79 Å². The molecule has 0 bridgehead atoms. The van der Waals surface area contributed by atoms with Crippen LogP contribution in [-0.4, -0.2) is 42.1 Å². The maximum atomic E-state index is 12.3. The summed E-state index contributed by atoms with van der Waals surface area (Å²) in [5.41, 5.74) is 8.73. The summed E-state index contributed by atoms with van der Waals surface area (Å²) in [4.78, 5) is 18.7. The Labute approximate surface area is 133 Å². The lowest BCUT2D eigenvalue weighted by molar-refractivity contribution is -0.134. The first-order chi connectivity index (χ1) is 10.8. The SMILES string of the molecule is NCc1ccccc1-c1nc(CC(=O)N2CCOCC2)cs1. The fourth-order valence-corrected chi connectivity index (χ4v) is 3.38. The van der Waals surface area contributed by atoms with E-state index in [9.17, 15) is 4.79 Å². The third-order valence-corrected chi connectivity index (χ3v) is 4.64. The molecule has 0 radical (unpaired) electrons. The minimum absolute atomic E-state index is 0.118. The van der Waals surface area contributed by atoms with Crippen LogP contribution in [0.15, 0.2) is 29.6 Å². The summed E-state index contributed by atoms with van der Waals surface area (Å²) in [7, 11) is 0. The topological polar surface area (TPSA) is 68.5 Å². The number of rotatable bonds is 4. The zero-order valence-electron chi connectivity index (χ0n) is 12.3. The third-order valence-electron chi connectivity index (χ3n) is 3.72. The van der Waals surface area contributed by atoms with Gasteiger partial charge in [0.15, 0.2) is 0 Å². The molecule has 22 heavy (non-hydrogen) atoms. The minimum Gasteiger partial charge on any atom is -0.378 e. The van der Waals surface area contributed by atoms with E-state index in [4.69, 9.17) is 10.5 Å². The number of morpholine rings is 1. The van der Waals surface area contributed by atoms with Gasteiger partial charge in [0.05, 0.1) is 25.3 Å². The maximum Gasteiger partial charge on any atom is 0.228 e. The van der Waals surface area contributed by atoms with Gasteiger partial charge in [-0.1, -0.05) is 24.3 Å². The number of hydrogen-bond donors (Lipinski definition) is 1. The Morgan fingerprint density at radius 2 is 2.09 bits per heavy atom. The van der Waals surface area contributed by atoms with Gasteiger partial charge in [-0.05, 0) is 5.56 Å². The van der Waals surface area contributed by atoms with E-state index >= 15 is 0 Å². The average molecular weight is 317 g/mol. The van der Waals surface area contributed by atoms with Crippen molar-refractivity contribution in [2.24, 2.45) is 5.73 Å². The first-order valence-corrected chi connectivity index (χ1v) is 8.24. The molecule has 5 nitrogen and oxygen atoms in total. The van der Waals surface area contributed by atoms with Gasteiger partial charge in [0.1, 0.15) is 5.01 Å². The molecule has 0 aliphatic carbocycles. The van der Waals surface area contributed by atoms with Crippen LogP contribution in [0, 0.1) is 0 Å². The van der Waals surface area contributed by atoms with Crippen LogP contribution in [0.4, 0.5) is 0 Å². The quantitative estimate of drug-likeness (QED) is 0.931. The van der Waals surface area contributed by atoms with Crippen LogP contribution in [0.5, 0.6) is 0 Å². The van der Waals surface area contributed by atoms with E-state index in [0.717, 1.165) is 21.8 Å². The van der Waals surface area contributed by atoms with Crippen molar-refractivity contribution < 1.29 is 9.53 Å². The molecule has 1 aromatic heterocycles. The number of amides is 1. The van der Waals surface area contributed by atoms with Crippen molar-refractivity contribution in [1.29, 1.82) is 0 Å². The van der Waals surface area contributed by atoms with Gasteiger partial charge >= 0.3 is 0 Å². The predicted octanol–water partition coefficient (Wildman–Crippen LogP) is 1.67. The first kappa shape index (κ1) is 15.1. The third kappa shape index (κ3) is 3.35. The highest BCUT2D eigenvalue weighted by Crippen LogP contribution is 2.27. The highest BCUT2D eigenvalue weighted by molar-refractivity contribution is 7.13. The first-order valence-electron chi connectivity index (χ1n) is 7.36. The van der Waals surface area contributed by atoms with Crippen molar-refractivity contribution in [3.63, 3.8) is 0 Å². The molecule has 1 aromatic carbocycles. The Balaban J connectivity index is 1.72. The number of ether oxygens (including phenoxy) is 1. The average Bonchev–Trinajstić information content (AvgIpc) is 3.04. The summed E-state index contributed by atoms with van der Waals surface area (Å²) in [5, 5.41) is 2.88. The molecule has 1 saturated heterocycles. The fourth-order valence-electron chi connectivity index (χ4n) is 2.50. The Hall–Kier alpha value is -1.76. The lowest BCUT2D eigenvalue weighted by atomic mass is 10.1. The van der Waals surface area contributed by atoms with Gasteiger partial charge in [0.2, 0.25) is 5.91 Å². The van der Waals surface area contributed by atoms with Crippen molar-refractivity contribution in [1.82, 2.24) is 9.88 Å². The fraction of sp³-hybridized carbons (Fsp3) is 0.375. The van der Waals surface area contributed by atoms with Crippen LogP contribution in [0.3, 0.4) is 0 Å². The second-order valence-electron chi connectivity index (χ2n) is 5.18. The van der Waals surface area contributed by atoms with Crippen LogP contribution in [0.2, 0.25) is 0 Å². The molecule has 0 saturated carbocycles. The molecule has 116 valence electrons. The van der Waals surface area contributed by atoms with Crippen molar-refractivity contribution in [2.45, 2.75) is 13.0 Å². The van der Waals surface area contributed by atoms with E-state index in [2.05, 4.69) is 4.98 Å². The second kappa shape index (κ2) is 7.00. The second-order valence-corrected chi connectivity index (χ2v) is 6.03. The minimum atomic E-state index is 0.118. The Kier molecular flexibility index (Phi) is 4.82. The van der Waals surface area contributed by atoms with Crippen molar-refractivity contribution in [2.75, 3.05) is 26.3 Å². The van der Waals surface area contributed by atoms with Crippen LogP contribution in [-0.2, 0) is 22.5 Å². The molecule has 3 rings (SSSR count). The zero-order valence-corrected chi connectivity index (χ0v) is 13.1. The molecular weight excluding hydrogens is 298 g/mol. The lowest BCUT2D eigenvalue weighted by Gasteiger charge is -2.26. The molecule has 1 aliphatic rings. The van der Waals surface area contributed by atoms with Crippen molar-refractivity contribution in [3.8, 4) is 10.6 Å². The maximum absolute atomic E-state index is 12.3. The smallest absolute Gasteiger partial charge is 0.228 e. The van der Waals surface area contributed by atoms with Gasteiger partial charge in [-0.25, -0.2) is 4.98 Å². The Morgan fingerprint density at radius 1 is 1.32 bits per heavy atom. The van der Waals surface area contributed by atoms with Crippen LogP contribution in [0.1, 0.15) is 11.3 Å². The van der Waals surface area contributed by atoms with E-state index in [1.54, 1.807) is 11.3 Å². The summed E-state index contributed by atoms with van der Waals surface area (Å²) in [5.74, 6) is 0.118. The van der Waals surface area contributed by atoms with Gasteiger partial charge in [-0.2, -0.15) is 0 Å². The summed E-state index contributed by atoms with van der Waals surface area (Å²) < 4.78 is 5.27. The molecule has 0 atom stereocenters. The molecule has 1 fully saturated rings. The number of benzene rings is 1. The zero-order chi connectivity index (χ0) is 15.4. The summed E-state index contributed by atoms with van der Waals surface area (Å²) in [6.45, 7) is 3.07. The van der Waals surface area contributed by atoms with E-state index in [0.29, 0.717) is 39.3 Å². The number of nitrogens with zero attached hydrogens (tertiary/aromatic N) is 2. The molecule has 1 amide bonds. The molecule has 2 heterocycles. The molecule has 2 aromatic rings. The molecule has 2 N–H and O–H groups in total. The number of nitrogens with two attached hydrogens (primary N) is 1. The van der Waals surface area contributed by atoms with Crippen LogP contribution in [0.25, 0.3) is 10.6 Å². The van der Waals surface area contributed by atoms with Crippen molar-refractivity contribution in [3.05, 3.63) is 40.9 Å². The number of aromatic nitrogens is 1. The molecule has 1 aliphatic heterocycles. The number of carbonyl (C=O) groups excluding carboxylic acids is 1. The standard InChI is InChI=1S/C16H19N3O2S/c17-10-12-3-1-2-4-14(12)16-18-13(11-22-16)9-15(20)19-5-7-21-8-6-19/h1-4,11H,5-10,17H2. The van der Waals surface area contributed by atoms with E-state index in [-0.39, 0.29) is 5.91 Å². The highest BCUT2D eigenvalue weighted by atomic mass is 32.1. The summed E-state index contributed by atoms with van der Waals surface area (Å²) in [6, 6.07) is 7.99. The molecule has 0 spiro atoms. The van der Waals surface area contributed by atoms with Crippen molar-refractivity contribution >= 4 is 17.2 Å². The highest BCUT2D eigenvalue weighted by Gasteiger charge is 2.18. The number of hydrogen-bond acceptors (Lipinski definition) is 5. The molecule has 0 unspecified atom stereocenters. The normalized spacial score (nSPS) is 15.0. The largest absolute Gasteiger partial charge is 0.378 e. The van der Waals surface area contributed by atoms with Crippen LogP contribution >= 0.6 is 11.3 Å². The number of carbonyl (C=O) groups is 1. The Morgan fingerprint density at radius 3 is 2.86 bits per heavy atom. The number of thiazole rings is 1. The van der Waals surface area contributed by atoms with Gasteiger partial charge < -0.3 is 15.4 Å². The van der Waals surface area contributed by atoms with Gasteiger partial charge in [0.25, 0.3) is 0 Å². The van der Waals surface area contributed by atoms with E-state index in [1.165, 1.54) is 0 Å². The van der Waals surface area contributed by atoms with Gasteiger partial charge in [0, 0.05) is 30.6 Å². The molecular formula is C16H19N3O2S. The monoisotopic (exact) mass is 317 g/mol. The summed E-state index contributed by atoms with van der Waals surface area (Å²) in [6.07, 6.45) is 0.349. The predicted molar refractivity (Wildman–Crippen MR) is 86.5 cm³/mol. The lowest BCUT2D eigenvalue weighted by Crippen LogP contribution is -2.41. The molecule has 6 heteroatoms. The Bertz CT molecular complexity index is 650.